The smallest absolute Gasteiger partial charge is 0.224 e. The van der Waals surface area contributed by atoms with E-state index in [1.165, 1.54) is 16.7 Å². The highest BCUT2D eigenvalue weighted by Crippen LogP contribution is 2.19. The number of rotatable bonds is 2. The Hall–Kier alpha value is -2.73. The SMILES string of the molecule is CS(=O)(=O)c1ccc(-[n+]2cc3cccc4ccn(c2=O)c43)cc1. The first-order chi connectivity index (χ1) is 10.9. The first-order valence-electron chi connectivity index (χ1n) is 7.04. The maximum absolute atomic E-state index is 12.7. The normalized spacial score (nSPS) is 12.2. The molecule has 0 spiro atoms. The maximum Gasteiger partial charge on any atom is 0.508 e. The minimum Gasteiger partial charge on any atom is -0.224 e. The molecule has 2 heterocycles. The van der Waals surface area contributed by atoms with E-state index in [2.05, 4.69) is 0 Å². The van der Waals surface area contributed by atoms with Crippen molar-refractivity contribution in [3.63, 3.8) is 0 Å². The van der Waals surface area contributed by atoms with Crippen molar-refractivity contribution >= 4 is 26.1 Å². The van der Waals surface area contributed by atoms with Crippen LogP contribution < -0.4 is 10.3 Å². The van der Waals surface area contributed by atoms with Crippen molar-refractivity contribution < 1.29 is 13.0 Å². The third-order valence-electron chi connectivity index (χ3n) is 3.97. The van der Waals surface area contributed by atoms with Gasteiger partial charge in [-0.3, -0.25) is 0 Å². The van der Waals surface area contributed by atoms with E-state index >= 15 is 0 Å². The summed E-state index contributed by atoms with van der Waals surface area (Å²) >= 11 is 0. The summed E-state index contributed by atoms with van der Waals surface area (Å²) in [5, 5.41) is 1.96. The standard InChI is InChI=1S/C17H13N2O3S/c1-23(21,22)15-7-5-14(6-8-15)19-11-13-4-2-3-12-9-10-18(16(12)13)17(19)20/h2-11H,1H3/q+1. The van der Waals surface area contributed by atoms with Crippen molar-refractivity contribution in [1.82, 2.24) is 4.40 Å². The molecule has 0 bridgehead atoms. The molecule has 0 fully saturated rings. The zero-order valence-electron chi connectivity index (χ0n) is 12.3. The van der Waals surface area contributed by atoms with Crippen molar-refractivity contribution in [1.29, 1.82) is 0 Å². The molecule has 0 aliphatic rings. The molecule has 0 radical (unpaired) electrons. The second-order valence-corrected chi connectivity index (χ2v) is 7.53. The van der Waals surface area contributed by atoms with Crippen LogP contribution in [0.25, 0.3) is 22.0 Å². The lowest BCUT2D eigenvalue weighted by molar-refractivity contribution is -0.614. The monoisotopic (exact) mass is 325 g/mol. The Morgan fingerprint density at radius 3 is 2.35 bits per heavy atom. The number of hydrogen-bond acceptors (Lipinski definition) is 3. The molecular formula is C17H13N2O3S+. The number of nitrogens with zero attached hydrogens (tertiary/aromatic N) is 2. The minimum absolute atomic E-state index is 0.189. The average molecular weight is 325 g/mol. The van der Waals surface area contributed by atoms with Crippen LogP contribution in [0.4, 0.5) is 0 Å². The molecule has 0 saturated heterocycles. The summed E-state index contributed by atoms with van der Waals surface area (Å²) in [6, 6.07) is 14.1. The van der Waals surface area contributed by atoms with E-state index in [1.807, 2.05) is 24.3 Å². The van der Waals surface area contributed by atoms with E-state index in [-0.39, 0.29) is 10.6 Å². The van der Waals surface area contributed by atoms with Crippen LogP contribution in [0.3, 0.4) is 0 Å². The van der Waals surface area contributed by atoms with Crippen LogP contribution in [0.2, 0.25) is 0 Å². The highest BCUT2D eigenvalue weighted by atomic mass is 32.2. The Kier molecular flexibility index (Phi) is 2.80. The molecule has 0 unspecified atom stereocenters. The summed E-state index contributed by atoms with van der Waals surface area (Å²) < 4.78 is 26.2. The van der Waals surface area contributed by atoms with Crippen molar-refractivity contribution in [3.8, 4) is 5.69 Å². The first kappa shape index (κ1) is 13.9. The van der Waals surface area contributed by atoms with Gasteiger partial charge in [0.05, 0.1) is 10.3 Å². The lowest BCUT2D eigenvalue weighted by Gasteiger charge is -2.03. The zero-order chi connectivity index (χ0) is 16.2. The molecule has 0 aliphatic heterocycles. The van der Waals surface area contributed by atoms with Gasteiger partial charge < -0.3 is 0 Å². The predicted molar refractivity (Wildman–Crippen MR) is 87.0 cm³/mol. The molecule has 6 heteroatoms. The highest BCUT2D eigenvalue weighted by molar-refractivity contribution is 7.90. The van der Waals surface area contributed by atoms with E-state index in [1.54, 1.807) is 28.9 Å². The molecule has 0 saturated carbocycles. The van der Waals surface area contributed by atoms with Gasteiger partial charge in [0.1, 0.15) is 18.1 Å². The summed E-state index contributed by atoms with van der Waals surface area (Å²) in [6.07, 6.45) is 4.69. The molecule has 0 N–H and O–H groups in total. The van der Waals surface area contributed by atoms with Gasteiger partial charge >= 0.3 is 5.69 Å². The van der Waals surface area contributed by atoms with Crippen LogP contribution in [-0.2, 0) is 9.84 Å². The molecule has 5 nitrogen and oxygen atoms in total. The van der Waals surface area contributed by atoms with Crippen LogP contribution in [0, 0.1) is 0 Å². The van der Waals surface area contributed by atoms with E-state index in [0.717, 1.165) is 22.5 Å². The van der Waals surface area contributed by atoms with Gasteiger partial charge in [-0.15, -0.1) is 0 Å². The maximum atomic E-state index is 12.7. The van der Waals surface area contributed by atoms with Crippen LogP contribution >= 0.6 is 0 Å². The van der Waals surface area contributed by atoms with Gasteiger partial charge in [0.2, 0.25) is 0 Å². The molecule has 4 rings (SSSR count). The minimum atomic E-state index is -3.25. The molecule has 2 aromatic carbocycles. The number of benzene rings is 2. The Labute approximate surface area is 132 Å². The third kappa shape index (κ3) is 2.10. The van der Waals surface area contributed by atoms with E-state index in [9.17, 15) is 13.2 Å². The van der Waals surface area contributed by atoms with E-state index in [0.29, 0.717) is 5.69 Å². The Bertz CT molecular complexity index is 1190. The van der Waals surface area contributed by atoms with Crippen molar-refractivity contribution in [2.24, 2.45) is 0 Å². The Morgan fingerprint density at radius 1 is 0.957 bits per heavy atom. The summed E-state index contributed by atoms with van der Waals surface area (Å²) in [6.45, 7) is 0. The summed E-state index contributed by atoms with van der Waals surface area (Å²) in [5.74, 6) is 0. The second-order valence-electron chi connectivity index (χ2n) is 5.52. The van der Waals surface area contributed by atoms with E-state index < -0.39 is 9.84 Å². The summed E-state index contributed by atoms with van der Waals surface area (Å²) in [7, 11) is -3.25. The largest absolute Gasteiger partial charge is 0.508 e. The topological polar surface area (TPSA) is 59.5 Å². The zero-order valence-corrected chi connectivity index (χ0v) is 13.1. The molecule has 0 amide bonds. The van der Waals surface area contributed by atoms with Gasteiger partial charge in [-0.25, -0.2) is 8.42 Å². The predicted octanol–water partition coefficient (Wildman–Crippen LogP) is 1.57. The van der Waals surface area contributed by atoms with Crippen LogP contribution in [0.5, 0.6) is 0 Å². The van der Waals surface area contributed by atoms with E-state index in [4.69, 9.17) is 0 Å². The van der Waals surface area contributed by atoms with Crippen LogP contribution in [0.15, 0.2) is 70.6 Å². The quantitative estimate of drug-likeness (QED) is 0.526. The van der Waals surface area contributed by atoms with Gasteiger partial charge in [0.25, 0.3) is 0 Å². The fraction of sp³-hybridized carbons (Fsp3) is 0.0588. The molecule has 114 valence electrons. The molecule has 2 aromatic heterocycles. The van der Waals surface area contributed by atoms with Crippen molar-refractivity contribution in [3.05, 3.63) is 71.4 Å². The van der Waals surface area contributed by atoms with Gasteiger partial charge in [-0.2, -0.15) is 13.8 Å². The van der Waals surface area contributed by atoms with Gasteiger partial charge in [0, 0.05) is 11.6 Å². The number of aromatic nitrogens is 2. The molecule has 0 aliphatic carbocycles. The second kappa shape index (κ2) is 4.63. The molecular weight excluding hydrogens is 312 g/mol. The number of hydrogen-bond donors (Lipinski definition) is 0. The Balaban J connectivity index is 1.99. The summed E-state index contributed by atoms with van der Waals surface area (Å²) in [5.41, 5.74) is 1.33. The van der Waals surface area contributed by atoms with Gasteiger partial charge in [-0.05, 0) is 36.4 Å². The Morgan fingerprint density at radius 2 is 1.65 bits per heavy atom. The first-order valence-corrected chi connectivity index (χ1v) is 8.93. The fourth-order valence-corrected chi connectivity index (χ4v) is 3.47. The van der Waals surface area contributed by atoms with Gasteiger partial charge in [-0.1, -0.05) is 12.1 Å². The molecule has 0 atom stereocenters. The molecule has 4 aromatic rings. The lowest BCUT2D eigenvalue weighted by atomic mass is 10.2. The highest BCUT2D eigenvalue weighted by Gasteiger charge is 2.18. The number of para-hydroxylation sites is 1. The van der Waals surface area contributed by atoms with Crippen molar-refractivity contribution in [2.45, 2.75) is 4.90 Å². The van der Waals surface area contributed by atoms with Crippen LogP contribution in [0.1, 0.15) is 0 Å². The van der Waals surface area contributed by atoms with Crippen LogP contribution in [-0.4, -0.2) is 19.1 Å². The van der Waals surface area contributed by atoms with Crippen molar-refractivity contribution in [2.75, 3.05) is 6.26 Å². The van der Waals surface area contributed by atoms with Gasteiger partial charge in [0.15, 0.2) is 15.4 Å². The lowest BCUT2D eigenvalue weighted by Crippen LogP contribution is -2.50. The third-order valence-corrected chi connectivity index (χ3v) is 5.09. The number of sulfone groups is 1. The summed E-state index contributed by atoms with van der Waals surface area (Å²) in [4.78, 5) is 12.9. The molecule has 23 heavy (non-hydrogen) atoms. The fourth-order valence-electron chi connectivity index (χ4n) is 2.83. The average Bonchev–Trinajstić information content (AvgIpc) is 2.96.